The van der Waals surface area contributed by atoms with Gasteiger partial charge in [0.1, 0.15) is 29.9 Å². The Kier molecular flexibility index (Phi) is 18.8. The molecule has 1 aliphatic rings. The van der Waals surface area contributed by atoms with Crippen molar-refractivity contribution in [3.63, 3.8) is 0 Å². The molecule has 2 aromatic rings. The van der Waals surface area contributed by atoms with Crippen molar-refractivity contribution in [1.82, 2.24) is 31.5 Å². The highest BCUT2D eigenvalue weighted by Gasteiger charge is 2.40. The SMILES string of the molecule is CC(C)[C@H](NC(=O)[C@H](CC(=O)O)NC(=O)[C@H](Cc1ccccc1)NC(=O)[C@@H]1CCC[C@@H](N(C(=O)O)C(=O)[C@@H](N)Cc2ccc(O)cc2)C1)C(=O)N[C@H](C(=O)NCC(N)=O)C(C)C. The molecule has 0 aromatic heterocycles. The Morgan fingerprint density at radius 2 is 1.27 bits per heavy atom. The van der Waals surface area contributed by atoms with Gasteiger partial charge in [-0.25, -0.2) is 9.69 Å². The number of hydrogen-bond acceptors (Lipinski definition) is 11. The number of amides is 8. The number of aromatic hydroxyl groups is 1. The summed E-state index contributed by atoms with van der Waals surface area (Å²) in [6.07, 6.45) is -1.77. The normalized spacial score (nSPS) is 17.3. The van der Waals surface area contributed by atoms with E-state index in [1.54, 1.807) is 70.2 Å². The van der Waals surface area contributed by atoms with Crippen LogP contribution in [-0.2, 0) is 51.2 Å². The molecule has 20 heteroatoms. The number of carbonyl (C=O) groups excluding carboxylic acids is 7. The molecule has 1 fully saturated rings. The van der Waals surface area contributed by atoms with Crippen molar-refractivity contribution in [2.45, 2.75) is 109 Å². The number of hydrogen-bond donors (Lipinski definition) is 10. The lowest BCUT2D eigenvalue weighted by atomic mass is 9.83. The van der Waals surface area contributed by atoms with Gasteiger partial charge in [0, 0.05) is 18.4 Å². The molecule has 12 N–H and O–H groups in total. The summed E-state index contributed by atoms with van der Waals surface area (Å²) < 4.78 is 0. The molecule has 1 saturated carbocycles. The highest BCUT2D eigenvalue weighted by Crippen LogP contribution is 2.29. The predicted octanol–water partition coefficient (Wildman–Crippen LogP) is -0.102. The highest BCUT2D eigenvalue weighted by molar-refractivity contribution is 5.98. The largest absolute Gasteiger partial charge is 0.508 e. The fourth-order valence-corrected chi connectivity index (χ4v) is 7.07. The zero-order valence-electron chi connectivity index (χ0n) is 35.2. The third-order valence-corrected chi connectivity index (χ3v) is 10.4. The number of phenols is 1. The fourth-order valence-electron chi connectivity index (χ4n) is 7.07. The van der Waals surface area contributed by atoms with E-state index in [1.165, 1.54) is 12.1 Å². The first-order valence-electron chi connectivity index (χ1n) is 20.3. The van der Waals surface area contributed by atoms with Gasteiger partial charge >= 0.3 is 12.1 Å². The third-order valence-electron chi connectivity index (χ3n) is 10.4. The summed E-state index contributed by atoms with van der Waals surface area (Å²) >= 11 is 0. The molecule has 0 unspecified atom stereocenters. The molecule has 62 heavy (non-hydrogen) atoms. The summed E-state index contributed by atoms with van der Waals surface area (Å²) in [6.45, 7) is 5.97. The zero-order valence-corrected chi connectivity index (χ0v) is 35.2. The summed E-state index contributed by atoms with van der Waals surface area (Å²) in [5.74, 6) is -9.21. The monoisotopic (exact) mass is 866 g/mol. The van der Waals surface area contributed by atoms with Crippen LogP contribution in [0.2, 0.25) is 0 Å². The molecule has 2 aromatic carbocycles. The molecule has 0 bridgehead atoms. The Labute approximate surface area is 358 Å². The summed E-state index contributed by atoms with van der Waals surface area (Å²) in [5, 5.41) is 41.9. The van der Waals surface area contributed by atoms with Crippen molar-refractivity contribution in [1.29, 1.82) is 0 Å². The molecule has 1 aliphatic carbocycles. The van der Waals surface area contributed by atoms with E-state index in [-0.39, 0.29) is 37.9 Å². The maximum Gasteiger partial charge on any atom is 0.414 e. The number of nitrogens with one attached hydrogen (secondary N) is 5. The number of primary amides is 1. The van der Waals surface area contributed by atoms with Crippen molar-refractivity contribution in [3.8, 4) is 5.75 Å². The maximum atomic E-state index is 14.0. The molecule has 20 nitrogen and oxygen atoms in total. The number of carbonyl (C=O) groups is 9. The third kappa shape index (κ3) is 15.2. The Balaban J connectivity index is 1.80. The zero-order chi connectivity index (χ0) is 46.3. The van der Waals surface area contributed by atoms with Crippen LogP contribution in [0.5, 0.6) is 5.75 Å². The van der Waals surface area contributed by atoms with Gasteiger partial charge in [-0.15, -0.1) is 0 Å². The smallest absolute Gasteiger partial charge is 0.414 e. The van der Waals surface area contributed by atoms with Gasteiger partial charge in [0.15, 0.2) is 0 Å². The van der Waals surface area contributed by atoms with E-state index in [1.807, 2.05) is 0 Å². The van der Waals surface area contributed by atoms with Crippen molar-refractivity contribution >= 4 is 53.4 Å². The molecule has 0 radical (unpaired) electrons. The molecule has 3 rings (SSSR count). The lowest BCUT2D eigenvalue weighted by molar-refractivity contribution is -0.142. The number of nitrogens with two attached hydrogens (primary N) is 2. The van der Waals surface area contributed by atoms with Gasteiger partial charge < -0.3 is 53.4 Å². The topological polar surface area (TPSA) is 330 Å². The van der Waals surface area contributed by atoms with Gasteiger partial charge in [0.2, 0.25) is 41.4 Å². The van der Waals surface area contributed by atoms with E-state index in [9.17, 15) is 58.5 Å². The molecule has 0 aliphatic heterocycles. The molecule has 0 saturated heterocycles. The average molecular weight is 867 g/mol. The average Bonchev–Trinajstić information content (AvgIpc) is 3.21. The first kappa shape index (κ1) is 49.8. The van der Waals surface area contributed by atoms with Gasteiger partial charge in [0.05, 0.1) is 19.0 Å². The second-order valence-electron chi connectivity index (χ2n) is 16.0. The molecule has 338 valence electrons. The first-order valence-corrected chi connectivity index (χ1v) is 20.3. The van der Waals surface area contributed by atoms with Crippen LogP contribution in [-0.4, -0.2) is 116 Å². The molecule has 8 amide bonds. The number of carboxylic acids is 1. The van der Waals surface area contributed by atoms with Gasteiger partial charge in [-0.05, 0) is 60.8 Å². The molecular formula is C42H58N8O12. The second kappa shape index (κ2) is 23.4. The summed E-state index contributed by atoms with van der Waals surface area (Å²) in [7, 11) is 0. The summed E-state index contributed by atoms with van der Waals surface area (Å²) in [5.41, 5.74) is 12.5. The fraction of sp³-hybridized carbons (Fsp3) is 0.500. The number of benzene rings is 2. The number of nitrogens with zero attached hydrogens (tertiary/aromatic N) is 1. The number of rotatable bonds is 21. The molecule has 7 atom stereocenters. The van der Waals surface area contributed by atoms with Crippen LogP contribution in [0.3, 0.4) is 0 Å². The standard InChI is InChI=1S/C42H58N8O12/c1-22(2)34(39(58)45-21-32(44)52)49-40(59)35(23(3)4)48-38(57)31(20-33(53)54)47-37(56)30(18-24-9-6-5-7-10-24)46-36(55)26-11-8-12-27(19-26)50(42(61)62)41(60)29(43)17-25-13-15-28(51)16-14-25/h5-7,9-10,13-16,22-23,26-27,29-31,34-35,51H,8,11-12,17-21,43H2,1-4H3,(H2,44,52)(H,45,58)(H,46,55)(H,47,56)(H,48,57)(H,49,59)(H,53,54)(H,61,62)/t26-,27-,29+,30+,31+,34+,35+/m1/s1. The first-order chi connectivity index (χ1) is 29.2. The van der Waals surface area contributed by atoms with Crippen LogP contribution in [0.25, 0.3) is 0 Å². The quantitative estimate of drug-likeness (QED) is 0.0785. The minimum absolute atomic E-state index is 0.00364. The van der Waals surface area contributed by atoms with Crippen molar-refractivity contribution in [2.75, 3.05) is 6.54 Å². The van der Waals surface area contributed by atoms with E-state index in [0.717, 1.165) is 0 Å². The van der Waals surface area contributed by atoms with Gasteiger partial charge in [0.25, 0.3) is 0 Å². The van der Waals surface area contributed by atoms with Crippen molar-refractivity contribution < 1.29 is 58.5 Å². The van der Waals surface area contributed by atoms with E-state index in [4.69, 9.17) is 11.5 Å². The van der Waals surface area contributed by atoms with E-state index >= 15 is 0 Å². The maximum absolute atomic E-state index is 14.0. The molecule has 0 heterocycles. The summed E-state index contributed by atoms with van der Waals surface area (Å²) in [4.78, 5) is 117. The Morgan fingerprint density at radius 3 is 1.84 bits per heavy atom. The lowest BCUT2D eigenvalue weighted by Crippen LogP contribution is -2.60. The van der Waals surface area contributed by atoms with Gasteiger partial charge in [-0.3, -0.25) is 38.4 Å². The van der Waals surface area contributed by atoms with Crippen LogP contribution in [0, 0.1) is 17.8 Å². The van der Waals surface area contributed by atoms with Crippen LogP contribution in [0.1, 0.15) is 70.9 Å². The second-order valence-corrected chi connectivity index (χ2v) is 16.0. The minimum atomic E-state index is -1.75. The predicted molar refractivity (Wildman–Crippen MR) is 222 cm³/mol. The van der Waals surface area contributed by atoms with Crippen LogP contribution < -0.4 is 38.1 Å². The van der Waals surface area contributed by atoms with Gasteiger partial charge in [-0.2, -0.15) is 0 Å². The van der Waals surface area contributed by atoms with Crippen LogP contribution in [0.4, 0.5) is 4.79 Å². The molecule has 0 spiro atoms. The Morgan fingerprint density at radius 1 is 0.710 bits per heavy atom. The van der Waals surface area contributed by atoms with Crippen LogP contribution >= 0.6 is 0 Å². The summed E-state index contributed by atoms with van der Waals surface area (Å²) in [6, 6.07) is 6.68. The van der Waals surface area contributed by atoms with E-state index in [2.05, 4.69) is 26.6 Å². The highest BCUT2D eigenvalue weighted by atomic mass is 16.4. The number of phenolic OH excluding ortho intramolecular Hbond substituents is 1. The minimum Gasteiger partial charge on any atom is -0.508 e. The van der Waals surface area contributed by atoms with Crippen LogP contribution in [0.15, 0.2) is 54.6 Å². The number of carboxylic acid groups (broad SMARTS) is 2. The van der Waals surface area contributed by atoms with Gasteiger partial charge in [-0.1, -0.05) is 76.6 Å². The molecular weight excluding hydrogens is 809 g/mol. The van der Waals surface area contributed by atoms with E-state index < -0.39 is 120 Å². The van der Waals surface area contributed by atoms with Crippen molar-refractivity contribution in [2.24, 2.45) is 29.2 Å². The number of imide groups is 1. The number of aliphatic carboxylic acids is 1. The Bertz CT molecular complexity index is 1930. The Hall–Kier alpha value is -6.57. The lowest BCUT2D eigenvalue weighted by Gasteiger charge is -2.35. The van der Waals surface area contributed by atoms with Crippen molar-refractivity contribution in [3.05, 3.63) is 65.7 Å². The van der Waals surface area contributed by atoms with E-state index in [0.29, 0.717) is 22.4 Å².